The molecule has 0 aliphatic carbocycles. The predicted octanol–water partition coefficient (Wildman–Crippen LogP) is 5.86. The zero-order valence-electron chi connectivity index (χ0n) is 19.6. The Kier molecular flexibility index (Phi) is 8.32. The van der Waals surface area contributed by atoms with Crippen LogP contribution in [0.25, 0.3) is 6.08 Å². The number of benzene rings is 3. The lowest BCUT2D eigenvalue weighted by Gasteiger charge is -2.13. The molecule has 0 unspecified atom stereocenters. The average Bonchev–Trinajstić information content (AvgIpc) is 3.11. The van der Waals surface area contributed by atoms with E-state index in [4.69, 9.17) is 9.47 Å². The number of ether oxygens (including phenoxy) is 2. The zero-order chi connectivity index (χ0) is 25.7. The van der Waals surface area contributed by atoms with Crippen molar-refractivity contribution in [1.29, 1.82) is 0 Å². The smallest absolute Gasteiger partial charge is 0.294 e. The van der Waals surface area contributed by atoms with Gasteiger partial charge in [0.15, 0.2) is 11.5 Å². The van der Waals surface area contributed by atoms with Crippen molar-refractivity contribution >= 4 is 63.2 Å². The maximum Gasteiger partial charge on any atom is 0.294 e. The van der Waals surface area contributed by atoms with Crippen molar-refractivity contribution in [2.75, 3.05) is 19.0 Å². The lowest BCUT2D eigenvalue weighted by molar-refractivity contribution is -0.127. The molecule has 1 heterocycles. The van der Waals surface area contributed by atoms with Gasteiger partial charge in [-0.15, -0.1) is 0 Å². The van der Waals surface area contributed by atoms with Crippen LogP contribution in [-0.4, -0.2) is 35.6 Å². The molecule has 0 spiro atoms. The van der Waals surface area contributed by atoms with Crippen molar-refractivity contribution < 1.29 is 23.9 Å². The zero-order valence-corrected chi connectivity index (χ0v) is 22.6. The first kappa shape index (κ1) is 25.8. The fraction of sp³-hybridized carbons (Fsp3) is 0.148. The minimum atomic E-state index is -0.512. The molecular weight excluding hydrogens is 591 g/mol. The summed E-state index contributed by atoms with van der Waals surface area (Å²) in [6, 6.07) is 20.6. The number of hydrogen-bond donors (Lipinski definition) is 1. The van der Waals surface area contributed by atoms with Crippen molar-refractivity contribution in [3.63, 3.8) is 0 Å². The molecule has 36 heavy (non-hydrogen) atoms. The minimum Gasteiger partial charge on any atom is -0.493 e. The van der Waals surface area contributed by atoms with E-state index in [0.29, 0.717) is 29.4 Å². The highest BCUT2D eigenvalue weighted by molar-refractivity contribution is 14.1. The molecule has 1 saturated heterocycles. The standard InChI is InChI=1S/C27H23IN2O5S/c1-17-4-3-5-19(12-17)16-35-22-11-6-18(13-23(22)34-2)14-24-26(32)30(27(33)36-24)15-25(31)29-21-9-7-20(28)8-10-21/h3-14H,15-16H2,1-2H3,(H,29,31)/b24-14-. The van der Waals surface area contributed by atoms with Gasteiger partial charge >= 0.3 is 0 Å². The summed E-state index contributed by atoms with van der Waals surface area (Å²) in [6.07, 6.45) is 1.61. The summed E-state index contributed by atoms with van der Waals surface area (Å²) in [5.41, 5.74) is 3.46. The number of methoxy groups -OCH3 is 1. The van der Waals surface area contributed by atoms with Crippen molar-refractivity contribution in [2.45, 2.75) is 13.5 Å². The van der Waals surface area contributed by atoms with Crippen LogP contribution in [0.4, 0.5) is 10.5 Å². The summed E-state index contributed by atoms with van der Waals surface area (Å²) in [5.74, 6) is 0.113. The Morgan fingerprint density at radius 1 is 1.06 bits per heavy atom. The van der Waals surface area contributed by atoms with Crippen LogP contribution in [0.2, 0.25) is 0 Å². The number of anilines is 1. The molecule has 3 amide bonds. The lowest BCUT2D eigenvalue weighted by atomic mass is 10.1. The van der Waals surface area contributed by atoms with Crippen molar-refractivity contribution in [3.05, 3.63) is 91.9 Å². The first-order chi connectivity index (χ1) is 17.3. The fourth-order valence-electron chi connectivity index (χ4n) is 3.52. The van der Waals surface area contributed by atoms with Crippen molar-refractivity contribution in [3.8, 4) is 11.5 Å². The third kappa shape index (κ3) is 6.46. The maximum absolute atomic E-state index is 12.8. The van der Waals surface area contributed by atoms with Gasteiger partial charge in [-0.05, 0) is 94.9 Å². The summed E-state index contributed by atoms with van der Waals surface area (Å²) in [4.78, 5) is 38.8. The molecule has 0 atom stereocenters. The number of nitrogens with zero attached hydrogens (tertiary/aromatic N) is 1. The molecule has 1 fully saturated rings. The summed E-state index contributed by atoms with van der Waals surface area (Å²) in [7, 11) is 1.54. The molecule has 184 valence electrons. The molecule has 3 aromatic carbocycles. The van der Waals surface area contributed by atoms with E-state index >= 15 is 0 Å². The molecule has 4 rings (SSSR count). The Morgan fingerprint density at radius 2 is 1.83 bits per heavy atom. The molecule has 0 bridgehead atoms. The predicted molar refractivity (Wildman–Crippen MR) is 149 cm³/mol. The number of hydrogen-bond acceptors (Lipinski definition) is 6. The Hall–Kier alpha value is -3.31. The average molecular weight is 614 g/mol. The quantitative estimate of drug-likeness (QED) is 0.253. The highest BCUT2D eigenvalue weighted by atomic mass is 127. The Balaban J connectivity index is 1.42. The number of rotatable bonds is 8. The first-order valence-electron chi connectivity index (χ1n) is 11.0. The maximum atomic E-state index is 12.8. The van der Waals surface area contributed by atoms with Gasteiger partial charge in [0.25, 0.3) is 11.1 Å². The van der Waals surface area contributed by atoms with E-state index in [1.54, 1.807) is 43.5 Å². The second-order valence-electron chi connectivity index (χ2n) is 8.01. The molecule has 1 N–H and O–H groups in total. The molecule has 0 aromatic heterocycles. The van der Waals surface area contributed by atoms with Crippen LogP contribution in [0.3, 0.4) is 0 Å². The van der Waals surface area contributed by atoms with E-state index < -0.39 is 17.1 Å². The number of thioether (sulfide) groups is 1. The third-order valence-electron chi connectivity index (χ3n) is 5.27. The van der Waals surface area contributed by atoms with Crippen molar-refractivity contribution in [1.82, 2.24) is 4.90 Å². The number of amides is 3. The number of carbonyl (C=O) groups excluding carboxylic acids is 3. The normalized spacial score (nSPS) is 14.3. The number of imide groups is 1. The molecule has 1 aliphatic heterocycles. The number of aryl methyl sites for hydroxylation is 1. The molecule has 3 aromatic rings. The van der Waals surface area contributed by atoms with Gasteiger partial charge in [-0.3, -0.25) is 19.3 Å². The van der Waals surface area contributed by atoms with E-state index in [9.17, 15) is 14.4 Å². The van der Waals surface area contributed by atoms with Crippen LogP contribution in [0.1, 0.15) is 16.7 Å². The lowest BCUT2D eigenvalue weighted by Crippen LogP contribution is -2.36. The fourth-order valence-corrected chi connectivity index (χ4v) is 4.72. The van der Waals surface area contributed by atoms with E-state index in [0.717, 1.165) is 31.4 Å². The van der Waals surface area contributed by atoms with Crippen LogP contribution in [-0.2, 0) is 16.2 Å². The number of halogens is 1. The molecular formula is C27H23IN2O5S. The van der Waals surface area contributed by atoms with Crippen LogP contribution in [0.15, 0.2) is 71.6 Å². The van der Waals surface area contributed by atoms with Gasteiger partial charge in [-0.2, -0.15) is 0 Å². The van der Waals surface area contributed by atoms with E-state index in [1.807, 2.05) is 37.3 Å². The summed E-state index contributed by atoms with van der Waals surface area (Å²) in [5, 5.41) is 2.21. The van der Waals surface area contributed by atoms with Gasteiger partial charge in [0.2, 0.25) is 5.91 Å². The topological polar surface area (TPSA) is 84.9 Å². The molecule has 1 aliphatic rings. The number of nitrogens with one attached hydrogen (secondary N) is 1. The monoisotopic (exact) mass is 614 g/mol. The third-order valence-corrected chi connectivity index (χ3v) is 6.89. The van der Waals surface area contributed by atoms with E-state index in [-0.39, 0.29) is 11.4 Å². The second-order valence-corrected chi connectivity index (χ2v) is 10.2. The van der Waals surface area contributed by atoms with Crippen LogP contribution < -0.4 is 14.8 Å². The largest absolute Gasteiger partial charge is 0.493 e. The summed E-state index contributed by atoms with van der Waals surface area (Å²) in [6.45, 7) is 2.06. The Bertz CT molecular complexity index is 1340. The molecule has 0 saturated carbocycles. The minimum absolute atomic E-state index is 0.234. The van der Waals surface area contributed by atoms with E-state index in [1.165, 1.54) is 0 Å². The number of carbonyl (C=O) groups is 3. The molecule has 0 radical (unpaired) electrons. The highest BCUT2D eigenvalue weighted by Crippen LogP contribution is 2.34. The van der Waals surface area contributed by atoms with Gasteiger partial charge < -0.3 is 14.8 Å². The van der Waals surface area contributed by atoms with Crippen LogP contribution in [0, 0.1) is 10.5 Å². The van der Waals surface area contributed by atoms with Gasteiger partial charge in [0.05, 0.1) is 12.0 Å². The second kappa shape index (κ2) is 11.6. The van der Waals surface area contributed by atoms with Gasteiger partial charge in [-0.1, -0.05) is 35.9 Å². The van der Waals surface area contributed by atoms with Gasteiger partial charge in [0.1, 0.15) is 13.2 Å². The highest BCUT2D eigenvalue weighted by Gasteiger charge is 2.36. The summed E-state index contributed by atoms with van der Waals surface area (Å²) < 4.78 is 12.4. The van der Waals surface area contributed by atoms with E-state index in [2.05, 4.69) is 34.0 Å². The first-order valence-corrected chi connectivity index (χ1v) is 12.9. The Labute approximate surface area is 227 Å². The van der Waals surface area contributed by atoms with Crippen LogP contribution in [0.5, 0.6) is 11.5 Å². The van der Waals surface area contributed by atoms with Gasteiger partial charge in [-0.25, -0.2) is 0 Å². The van der Waals surface area contributed by atoms with Crippen LogP contribution >= 0.6 is 34.4 Å². The Morgan fingerprint density at radius 3 is 2.56 bits per heavy atom. The molecule has 9 heteroatoms. The molecule has 7 nitrogen and oxygen atoms in total. The van der Waals surface area contributed by atoms with Gasteiger partial charge in [0, 0.05) is 9.26 Å². The van der Waals surface area contributed by atoms with Crippen molar-refractivity contribution in [2.24, 2.45) is 0 Å². The SMILES string of the molecule is COc1cc(/C=C2\SC(=O)N(CC(=O)Nc3ccc(I)cc3)C2=O)ccc1OCc1cccc(C)c1. The summed E-state index contributed by atoms with van der Waals surface area (Å²) >= 11 is 2.97.